The van der Waals surface area contributed by atoms with Crippen LogP contribution in [0.3, 0.4) is 0 Å². The number of likely N-dealkylation sites (N-methyl/N-ethyl adjacent to an activating group) is 2. The van der Waals surface area contributed by atoms with Gasteiger partial charge in [-0.05, 0) is 33.0 Å². The standard InChI is InChI=1S/C20H28N4O4S/c1-6-24(7-2)19(26)12-23(3)11-18(25)22-20-21-16(13-29-20)15-9-8-14(27-4)10-17(15)28-5/h8-10,13H,6-7,11-12H2,1-5H3,(H,21,22,25). The Morgan fingerprint density at radius 2 is 1.86 bits per heavy atom. The summed E-state index contributed by atoms with van der Waals surface area (Å²) in [7, 11) is 4.93. The monoisotopic (exact) mass is 420 g/mol. The summed E-state index contributed by atoms with van der Waals surface area (Å²) in [4.78, 5) is 32.4. The highest BCUT2D eigenvalue weighted by atomic mass is 32.1. The minimum Gasteiger partial charge on any atom is -0.497 e. The van der Waals surface area contributed by atoms with E-state index in [1.54, 1.807) is 37.1 Å². The van der Waals surface area contributed by atoms with E-state index in [9.17, 15) is 9.59 Å². The predicted octanol–water partition coefficient (Wildman–Crippen LogP) is 2.57. The van der Waals surface area contributed by atoms with Crippen molar-refractivity contribution in [2.24, 2.45) is 0 Å². The maximum Gasteiger partial charge on any atom is 0.240 e. The molecule has 0 spiro atoms. The molecule has 1 aromatic carbocycles. The van der Waals surface area contributed by atoms with Gasteiger partial charge in [-0.15, -0.1) is 11.3 Å². The summed E-state index contributed by atoms with van der Waals surface area (Å²) >= 11 is 1.33. The Balaban J connectivity index is 1.98. The third-order valence-electron chi connectivity index (χ3n) is 4.37. The Labute approximate surface area is 175 Å². The second kappa shape index (κ2) is 10.8. The summed E-state index contributed by atoms with van der Waals surface area (Å²) in [5.74, 6) is 1.12. The lowest BCUT2D eigenvalue weighted by Crippen LogP contribution is -2.41. The van der Waals surface area contributed by atoms with E-state index in [0.717, 1.165) is 5.56 Å². The van der Waals surface area contributed by atoms with Gasteiger partial charge in [-0.1, -0.05) is 0 Å². The van der Waals surface area contributed by atoms with Gasteiger partial charge in [0, 0.05) is 30.1 Å². The first-order valence-electron chi connectivity index (χ1n) is 9.35. The van der Waals surface area contributed by atoms with Gasteiger partial charge in [-0.3, -0.25) is 14.5 Å². The minimum absolute atomic E-state index is 0.00781. The lowest BCUT2D eigenvalue weighted by Gasteiger charge is -2.22. The van der Waals surface area contributed by atoms with E-state index < -0.39 is 0 Å². The molecular weight excluding hydrogens is 392 g/mol. The second-order valence-electron chi connectivity index (χ2n) is 6.39. The van der Waals surface area contributed by atoms with Crippen LogP contribution in [-0.2, 0) is 9.59 Å². The highest BCUT2D eigenvalue weighted by molar-refractivity contribution is 7.14. The number of nitrogens with one attached hydrogen (secondary N) is 1. The second-order valence-corrected chi connectivity index (χ2v) is 7.25. The van der Waals surface area contributed by atoms with Crippen molar-refractivity contribution in [1.29, 1.82) is 0 Å². The van der Waals surface area contributed by atoms with Crippen LogP contribution in [0.2, 0.25) is 0 Å². The first kappa shape index (κ1) is 22.6. The van der Waals surface area contributed by atoms with Crippen molar-refractivity contribution < 1.29 is 19.1 Å². The number of rotatable bonds is 10. The van der Waals surface area contributed by atoms with E-state index in [0.29, 0.717) is 35.4 Å². The molecule has 1 N–H and O–H groups in total. The van der Waals surface area contributed by atoms with Gasteiger partial charge in [0.2, 0.25) is 11.8 Å². The number of ether oxygens (including phenoxy) is 2. The van der Waals surface area contributed by atoms with Crippen LogP contribution in [0.25, 0.3) is 11.3 Å². The molecule has 0 aliphatic rings. The number of hydrogen-bond donors (Lipinski definition) is 1. The van der Waals surface area contributed by atoms with Crippen molar-refractivity contribution in [3.8, 4) is 22.8 Å². The molecule has 0 bridgehead atoms. The van der Waals surface area contributed by atoms with Crippen LogP contribution >= 0.6 is 11.3 Å². The van der Waals surface area contributed by atoms with Crippen LogP contribution in [0.4, 0.5) is 5.13 Å². The topological polar surface area (TPSA) is 84.0 Å². The molecule has 0 saturated carbocycles. The van der Waals surface area contributed by atoms with E-state index in [1.165, 1.54) is 11.3 Å². The van der Waals surface area contributed by atoms with E-state index in [4.69, 9.17) is 9.47 Å². The molecule has 158 valence electrons. The van der Waals surface area contributed by atoms with Crippen molar-refractivity contribution in [2.75, 3.05) is 52.8 Å². The first-order valence-corrected chi connectivity index (χ1v) is 10.2. The molecule has 0 aliphatic carbocycles. The van der Waals surface area contributed by atoms with Gasteiger partial charge in [-0.25, -0.2) is 4.98 Å². The molecule has 2 aromatic rings. The number of hydrogen-bond acceptors (Lipinski definition) is 7. The van der Waals surface area contributed by atoms with Crippen LogP contribution in [-0.4, -0.2) is 74.0 Å². The van der Waals surface area contributed by atoms with Crippen molar-refractivity contribution in [3.63, 3.8) is 0 Å². The van der Waals surface area contributed by atoms with Crippen LogP contribution < -0.4 is 14.8 Å². The Hall–Kier alpha value is -2.65. The average Bonchev–Trinajstić information content (AvgIpc) is 3.16. The number of aromatic nitrogens is 1. The number of nitrogens with zero attached hydrogens (tertiary/aromatic N) is 3. The van der Waals surface area contributed by atoms with Gasteiger partial charge >= 0.3 is 0 Å². The quantitative estimate of drug-likeness (QED) is 0.636. The molecule has 0 saturated heterocycles. The maximum absolute atomic E-state index is 12.3. The highest BCUT2D eigenvalue weighted by Crippen LogP contribution is 2.34. The molecule has 8 nitrogen and oxygen atoms in total. The zero-order valence-corrected chi connectivity index (χ0v) is 18.3. The van der Waals surface area contributed by atoms with Crippen LogP contribution in [0.15, 0.2) is 23.6 Å². The number of anilines is 1. The number of carbonyl (C=O) groups is 2. The molecule has 0 unspecified atom stereocenters. The minimum atomic E-state index is -0.220. The van der Waals surface area contributed by atoms with Crippen LogP contribution in [0, 0.1) is 0 Å². The number of amides is 2. The first-order chi connectivity index (χ1) is 13.9. The third-order valence-corrected chi connectivity index (χ3v) is 5.13. The normalized spacial score (nSPS) is 10.7. The summed E-state index contributed by atoms with van der Waals surface area (Å²) in [5, 5.41) is 5.14. The maximum atomic E-state index is 12.3. The SMILES string of the molecule is CCN(CC)C(=O)CN(C)CC(=O)Nc1nc(-c2ccc(OC)cc2OC)cs1. The zero-order valence-electron chi connectivity index (χ0n) is 17.5. The van der Waals surface area contributed by atoms with E-state index in [-0.39, 0.29) is 24.9 Å². The summed E-state index contributed by atoms with van der Waals surface area (Å²) in [6.45, 7) is 5.49. The number of benzene rings is 1. The lowest BCUT2D eigenvalue weighted by atomic mass is 10.1. The molecule has 9 heteroatoms. The number of carbonyl (C=O) groups excluding carboxylic acids is 2. The molecule has 0 aliphatic heterocycles. The molecule has 0 atom stereocenters. The Morgan fingerprint density at radius 1 is 1.14 bits per heavy atom. The van der Waals surface area contributed by atoms with Crippen LogP contribution in [0.1, 0.15) is 13.8 Å². The lowest BCUT2D eigenvalue weighted by molar-refractivity contribution is -0.132. The Morgan fingerprint density at radius 3 is 2.48 bits per heavy atom. The van der Waals surface area contributed by atoms with Gasteiger partial charge in [-0.2, -0.15) is 0 Å². The van der Waals surface area contributed by atoms with Crippen molar-refractivity contribution in [2.45, 2.75) is 13.8 Å². The molecule has 0 radical (unpaired) electrons. The zero-order chi connectivity index (χ0) is 21.4. The molecule has 1 heterocycles. The van der Waals surface area contributed by atoms with Gasteiger partial charge in [0.05, 0.1) is 33.0 Å². The molecule has 2 rings (SSSR count). The summed E-state index contributed by atoms with van der Waals surface area (Å²) in [5.41, 5.74) is 1.52. The predicted molar refractivity (Wildman–Crippen MR) is 115 cm³/mol. The van der Waals surface area contributed by atoms with Gasteiger partial charge in [0.15, 0.2) is 5.13 Å². The Kier molecular flexibility index (Phi) is 8.41. The van der Waals surface area contributed by atoms with E-state index in [1.807, 2.05) is 31.4 Å². The van der Waals surface area contributed by atoms with Gasteiger partial charge < -0.3 is 19.7 Å². The van der Waals surface area contributed by atoms with E-state index in [2.05, 4.69) is 10.3 Å². The molecular formula is C20H28N4O4S. The van der Waals surface area contributed by atoms with Crippen molar-refractivity contribution in [3.05, 3.63) is 23.6 Å². The molecule has 29 heavy (non-hydrogen) atoms. The summed E-state index contributed by atoms with van der Waals surface area (Å²) in [6.07, 6.45) is 0. The third kappa shape index (κ3) is 6.16. The average molecular weight is 421 g/mol. The van der Waals surface area contributed by atoms with E-state index >= 15 is 0 Å². The smallest absolute Gasteiger partial charge is 0.240 e. The fraction of sp³-hybridized carbons (Fsp3) is 0.450. The fourth-order valence-electron chi connectivity index (χ4n) is 2.83. The number of methoxy groups -OCH3 is 2. The number of thiazole rings is 1. The van der Waals surface area contributed by atoms with Gasteiger partial charge in [0.25, 0.3) is 0 Å². The fourth-order valence-corrected chi connectivity index (χ4v) is 3.56. The van der Waals surface area contributed by atoms with Crippen molar-refractivity contribution >= 4 is 28.3 Å². The molecule has 0 fully saturated rings. The summed E-state index contributed by atoms with van der Waals surface area (Å²) in [6, 6.07) is 5.48. The Bertz CT molecular complexity index is 836. The van der Waals surface area contributed by atoms with Crippen molar-refractivity contribution in [1.82, 2.24) is 14.8 Å². The van der Waals surface area contributed by atoms with Gasteiger partial charge in [0.1, 0.15) is 11.5 Å². The highest BCUT2D eigenvalue weighted by Gasteiger charge is 2.16. The molecule has 1 aromatic heterocycles. The van der Waals surface area contributed by atoms with Crippen LogP contribution in [0.5, 0.6) is 11.5 Å². The summed E-state index contributed by atoms with van der Waals surface area (Å²) < 4.78 is 10.6. The largest absolute Gasteiger partial charge is 0.497 e. The molecule has 2 amide bonds.